The van der Waals surface area contributed by atoms with E-state index in [0.717, 1.165) is 0 Å². The van der Waals surface area contributed by atoms with Gasteiger partial charge in [0.05, 0.1) is 6.54 Å². The Balaban J connectivity index is 2.36. The number of halogens is 3. The van der Waals surface area contributed by atoms with Crippen LogP contribution in [0.3, 0.4) is 0 Å². The molecule has 1 rings (SSSR count). The lowest BCUT2D eigenvalue weighted by atomic mass is 10.1. The minimum Gasteiger partial charge on any atom is -0.343 e. The van der Waals surface area contributed by atoms with Crippen LogP contribution in [-0.4, -0.2) is 42.0 Å². The van der Waals surface area contributed by atoms with Crippen molar-refractivity contribution in [3.63, 3.8) is 0 Å². The first-order valence-corrected chi connectivity index (χ1v) is 5.98. The molecular weight excluding hydrogens is 249 g/mol. The average Bonchev–Trinajstić information content (AvgIpc) is 2.27. The largest absolute Gasteiger partial charge is 0.389 e. The fraction of sp³-hybridized carbons (Fsp3) is 0.818. The molecule has 0 aromatic carbocycles. The van der Waals surface area contributed by atoms with Gasteiger partial charge in [-0.3, -0.25) is 9.59 Å². The van der Waals surface area contributed by atoms with Crippen LogP contribution < -0.4 is 5.32 Å². The van der Waals surface area contributed by atoms with Crippen molar-refractivity contribution < 1.29 is 22.8 Å². The van der Waals surface area contributed by atoms with Crippen molar-refractivity contribution in [2.24, 2.45) is 0 Å². The third-order valence-electron chi connectivity index (χ3n) is 2.83. The third-order valence-corrected chi connectivity index (χ3v) is 2.83. The van der Waals surface area contributed by atoms with Crippen LogP contribution in [0.25, 0.3) is 0 Å². The summed E-state index contributed by atoms with van der Waals surface area (Å²) in [5, 5.41) is 2.55. The molecule has 0 spiro atoms. The normalized spacial score (nSPS) is 21.1. The topological polar surface area (TPSA) is 49.4 Å². The molecule has 1 heterocycles. The van der Waals surface area contributed by atoms with E-state index in [1.165, 1.54) is 4.90 Å². The summed E-state index contributed by atoms with van der Waals surface area (Å²) in [4.78, 5) is 24.4. The van der Waals surface area contributed by atoms with E-state index >= 15 is 0 Å². The Morgan fingerprint density at radius 1 is 1.33 bits per heavy atom. The highest BCUT2D eigenvalue weighted by Gasteiger charge is 2.31. The lowest BCUT2D eigenvalue weighted by Gasteiger charge is -2.32. The van der Waals surface area contributed by atoms with Crippen molar-refractivity contribution in [3.05, 3.63) is 0 Å². The molecule has 1 unspecified atom stereocenters. The zero-order valence-corrected chi connectivity index (χ0v) is 10.2. The lowest BCUT2D eigenvalue weighted by Crippen LogP contribution is -2.57. The van der Waals surface area contributed by atoms with Crippen LogP contribution >= 0.6 is 0 Å². The summed E-state index contributed by atoms with van der Waals surface area (Å²) in [6.45, 7) is 1.93. The first-order chi connectivity index (χ1) is 8.33. The number of hydrogen-bond donors (Lipinski definition) is 1. The van der Waals surface area contributed by atoms with Gasteiger partial charge in [-0.25, -0.2) is 0 Å². The molecule has 1 aliphatic heterocycles. The zero-order valence-electron chi connectivity index (χ0n) is 10.2. The Hall–Kier alpha value is -1.27. The monoisotopic (exact) mass is 266 g/mol. The maximum absolute atomic E-state index is 11.9. The average molecular weight is 266 g/mol. The minimum atomic E-state index is -4.16. The van der Waals surface area contributed by atoms with Crippen LogP contribution in [0.15, 0.2) is 0 Å². The Morgan fingerprint density at radius 2 is 2.00 bits per heavy atom. The second kappa shape index (κ2) is 6.06. The molecule has 0 saturated carbocycles. The van der Waals surface area contributed by atoms with Gasteiger partial charge in [-0.2, -0.15) is 13.2 Å². The highest BCUT2D eigenvalue weighted by atomic mass is 19.4. The summed E-state index contributed by atoms with van der Waals surface area (Å²) >= 11 is 0. The molecule has 0 aromatic rings. The minimum absolute atomic E-state index is 0.0221. The molecule has 1 saturated heterocycles. The molecule has 0 radical (unpaired) electrons. The van der Waals surface area contributed by atoms with Gasteiger partial charge in [0.1, 0.15) is 6.04 Å². The molecule has 1 N–H and O–H groups in total. The van der Waals surface area contributed by atoms with Crippen molar-refractivity contribution >= 4 is 11.8 Å². The number of carbonyl (C=O) groups is 2. The van der Waals surface area contributed by atoms with Gasteiger partial charge in [0, 0.05) is 13.0 Å². The van der Waals surface area contributed by atoms with Crippen molar-refractivity contribution in [1.29, 1.82) is 0 Å². The summed E-state index contributed by atoms with van der Waals surface area (Å²) in [6.07, 6.45) is -4.28. The van der Waals surface area contributed by atoms with Crippen molar-refractivity contribution in [1.82, 2.24) is 10.2 Å². The van der Waals surface area contributed by atoms with Crippen LogP contribution in [0.4, 0.5) is 13.2 Å². The molecule has 18 heavy (non-hydrogen) atoms. The van der Waals surface area contributed by atoms with Crippen LogP contribution in [0.5, 0.6) is 0 Å². The molecule has 2 amide bonds. The maximum Gasteiger partial charge on any atom is 0.389 e. The van der Waals surface area contributed by atoms with Crippen molar-refractivity contribution in [3.8, 4) is 0 Å². The number of nitrogens with zero attached hydrogens (tertiary/aromatic N) is 1. The first kappa shape index (κ1) is 14.8. The standard InChI is InChI=1S/C11H17F3N2O2/c1-2-8-10(18)16(7-9(17)15-8)6-4-3-5-11(12,13)14/h8H,2-7H2,1H3,(H,15,17). The van der Waals surface area contributed by atoms with E-state index in [4.69, 9.17) is 0 Å². The van der Waals surface area contributed by atoms with E-state index in [0.29, 0.717) is 6.42 Å². The predicted octanol–water partition coefficient (Wildman–Crippen LogP) is 1.46. The fourth-order valence-electron chi connectivity index (χ4n) is 1.87. The van der Waals surface area contributed by atoms with E-state index in [2.05, 4.69) is 5.32 Å². The number of nitrogens with one attached hydrogen (secondary N) is 1. The number of unbranched alkanes of at least 4 members (excludes halogenated alkanes) is 1. The smallest absolute Gasteiger partial charge is 0.343 e. The van der Waals surface area contributed by atoms with E-state index in [1.54, 1.807) is 6.92 Å². The van der Waals surface area contributed by atoms with E-state index < -0.39 is 18.6 Å². The van der Waals surface area contributed by atoms with Crippen LogP contribution in [0.2, 0.25) is 0 Å². The summed E-state index contributed by atoms with van der Waals surface area (Å²) in [7, 11) is 0. The second-order valence-electron chi connectivity index (χ2n) is 4.36. The first-order valence-electron chi connectivity index (χ1n) is 5.98. The van der Waals surface area contributed by atoms with Crippen molar-refractivity contribution in [2.45, 2.75) is 44.8 Å². The number of piperazine rings is 1. The van der Waals surface area contributed by atoms with Crippen LogP contribution in [-0.2, 0) is 9.59 Å². The van der Waals surface area contributed by atoms with Crippen LogP contribution in [0.1, 0.15) is 32.6 Å². The Labute approximate surface area is 104 Å². The number of rotatable bonds is 5. The summed E-state index contributed by atoms with van der Waals surface area (Å²) in [5.74, 6) is -0.457. The summed E-state index contributed by atoms with van der Waals surface area (Å²) in [6, 6.07) is -0.533. The van der Waals surface area contributed by atoms with Gasteiger partial charge in [-0.05, 0) is 19.3 Å². The molecular formula is C11H17F3N2O2. The predicted molar refractivity (Wildman–Crippen MR) is 58.7 cm³/mol. The molecule has 1 fully saturated rings. The molecule has 104 valence electrons. The third kappa shape index (κ3) is 4.54. The van der Waals surface area contributed by atoms with Gasteiger partial charge in [-0.15, -0.1) is 0 Å². The summed E-state index contributed by atoms with van der Waals surface area (Å²) in [5.41, 5.74) is 0. The number of alkyl halides is 3. The lowest BCUT2D eigenvalue weighted by molar-refractivity contribution is -0.145. The second-order valence-corrected chi connectivity index (χ2v) is 4.36. The Bertz CT molecular complexity index is 318. The molecule has 1 atom stereocenters. The number of amides is 2. The van der Waals surface area contributed by atoms with Gasteiger partial charge in [0.2, 0.25) is 11.8 Å². The molecule has 7 heteroatoms. The molecule has 0 aliphatic carbocycles. The maximum atomic E-state index is 11.9. The molecule has 1 aliphatic rings. The number of hydrogen-bond acceptors (Lipinski definition) is 2. The van der Waals surface area contributed by atoms with Crippen LogP contribution in [0, 0.1) is 0 Å². The van der Waals surface area contributed by atoms with Gasteiger partial charge in [0.25, 0.3) is 0 Å². The van der Waals surface area contributed by atoms with Gasteiger partial charge in [-0.1, -0.05) is 6.92 Å². The zero-order chi connectivity index (χ0) is 13.8. The SMILES string of the molecule is CCC1NC(=O)CN(CCCCC(F)(F)F)C1=O. The van der Waals surface area contributed by atoms with Gasteiger partial charge in [0.15, 0.2) is 0 Å². The quantitative estimate of drug-likeness (QED) is 0.766. The summed E-state index contributed by atoms with van der Waals surface area (Å²) < 4.78 is 35.8. The van der Waals surface area contributed by atoms with Gasteiger partial charge < -0.3 is 10.2 Å². The van der Waals surface area contributed by atoms with E-state index in [-0.39, 0.29) is 37.7 Å². The van der Waals surface area contributed by atoms with Crippen molar-refractivity contribution in [2.75, 3.05) is 13.1 Å². The van der Waals surface area contributed by atoms with E-state index in [1.807, 2.05) is 0 Å². The number of carbonyl (C=O) groups excluding carboxylic acids is 2. The molecule has 0 bridgehead atoms. The Kier molecular flexibility index (Phi) is 4.98. The van der Waals surface area contributed by atoms with Gasteiger partial charge >= 0.3 is 6.18 Å². The highest BCUT2D eigenvalue weighted by Crippen LogP contribution is 2.22. The molecule has 0 aromatic heterocycles. The fourth-order valence-corrected chi connectivity index (χ4v) is 1.87. The highest BCUT2D eigenvalue weighted by molar-refractivity contribution is 5.94. The van der Waals surface area contributed by atoms with E-state index in [9.17, 15) is 22.8 Å². The Morgan fingerprint density at radius 3 is 2.56 bits per heavy atom. The molecule has 4 nitrogen and oxygen atoms in total.